The number of ether oxygens (including phenoxy) is 1. The highest BCUT2D eigenvalue weighted by Crippen LogP contribution is 2.26. The second-order valence-electron chi connectivity index (χ2n) is 6.36. The van der Waals surface area contributed by atoms with E-state index >= 15 is 0 Å². The molecule has 0 saturated carbocycles. The molecule has 4 atom stereocenters. The Morgan fingerprint density at radius 1 is 1.61 bits per heavy atom. The summed E-state index contributed by atoms with van der Waals surface area (Å²) in [6, 6.07) is 3.95. The summed E-state index contributed by atoms with van der Waals surface area (Å²) in [6.07, 6.45) is 1.13. The molecule has 23 heavy (non-hydrogen) atoms. The van der Waals surface area contributed by atoms with Gasteiger partial charge in [-0.25, -0.2) is 0 Å². The summed E-state index contributed by atoms with van der Waals surface area (Å²) < 4.78 is 5.64. The highest BCUT2D eigenvalue weighted by atomic mass is 32.1. The Morgan fingerprint density at radius 2 is 2.39 bits per heavy atom. The van der Waals surface area contributed by atoms with E-state index in [4.69, 9.17) is 10.5 Å². The molecule has 5 nitrogen and oxygen atoms in total. The van der Waals surface area contributed by atoms with Gasteiger partial charge in [-0.2, -0.15) is 0 Å². The van der Waals surface area contributed by atoms with Crippen LogP contribution in [0, 0.1) is 5.92 Å². The van der Waals surface area contributed by atoms with Crippen molar-refractivity contribution < 1.29 is 9.53 Å². The normalized spacial score (nSPS) is 23.2. The van der Waals surface area contributed by atoms with E-state index in [0.29, 0.717) is 6.54 Å². The lowest BCUT2D eigenvalue weighted by Crippen LogP contribution is -2.49. The van der Waals surface area contributed by atoms with Crippen molar-refractivity contribution in [2.75, 3.05) is 26.2 Å². The Kier molecular flexibility index (Phi) is 7.02. The minimum Gasteiger partial charge on any atom is -0.376 e. The number of thiophene rings is 1. The zero-order chi connectivity index (χ0) is 16.8. The standard InChI is InChI=1S/C17H29N3O2S/c1-4-12(2)16(18)17(21)19-10-14(15-6-5-9-23-15)20-7-8-22-13(3)11-20/h5-6,9,12-14,16H,4,7-8,10-11,18H2,1-3H3,(H,19,21). The molecular weight excluding hydrogens is 310 g/mol. The van der Waals surface area contributed by atoms with Crippen LogP contribution in [-0.2, 0) is 9.53 Å². The van der Waals surface area contributed by atoms with Gasteiger partial charge >= 0.3 is 0 Å². The second kappa shape index (κ2) is 8.78. The van der Waals surface area contributed by atoms with E-state index in [1.165, 1.54) is 4.88 Å². The van der Waals surface area contributed by atoms with Gasteiger partial charge in [-0.3, -0.25) is 9.69 Å². The van der Waals surface area contributed by atoms with Gasteiger partial charge in [0.25, 0.3) is 0 Å². The van der Waals surface area contributed by atoms with Gasteiger partial charge in [0.05, 0.1) is 24.8 Å². The lowest BCUT2D eigenvalue weighted by molar-refractivity contribution is -0.123. The quantitative estimate of drug-likeness (QED) is 0.797. The molecule has 1 aromatic heterocycles. The Balaban J connectivity index is 2.00. The number of nitrogens with zero attached hydrogens (tertiary/aromatic N) is 1. The van der Waals surface area contributed by atoms with Gasteiger partial charge in [-0.1, -0.05) is 26.3 Å². The molecule has 6 heteroatoms. The van der Waals surface area contributed by atoms with Crippen molar-refractivity contribution in [1.29, 1.82) is 0 Å². The number of rotatable bonds is 7. The third-order valence-electron chi connectivity index (χ3n) is 4.61. The number of morpholine rings is 1. The summed E-state index contributed by atoms with van der Waals surface area (Å²) in [5.74, 6) is 0.140. The average Bonchev–Trinajstić information content (AvgIpc) is 3.07. The molecule has 4 unspecified atom stereocenters. The fourth-order valence-electron chi connectivity index (χ4n) is 2.85. The predicted molar refractivity (Wildman–Crippen MR) is 94.5 cm³/mol. The van der Waals surface area contributed by atoms with Gasteiger partial charge in [0.15, 0.2) is 0 Å². The number of nitrogens with one attached hydrogen (secondary N) is 1. The number of hydrogen-bond acceptors (Lipinski definition) is 5. The first-order valence-corrected chi connectivity index (χ1v) is 9.33. The summed E-state index contributed by atoms with van der Waals surface area (Å²) >= 11 is 1.73. The van der Waals surface area contributed by atoms with Gasteiger partial charge in [0.2, 0.25) is 5.91 Å². The Bertz CT molecular complexity index is 480. The summed E-state index contributed by atoms with van der Waals surface area (Å²) in [6.45, 7) is 9.27. The number of nitrogens with two attached hydrogens (primary N) is 1. The Morgan fingerprint density at radius 3 is 3.00 bits per heavy atom. The van der Waals surface area contributed by atoms with E-state index in [2.05, 4.69) is 41.6 Å². The van der Waals surface area contributed by atoms with E-state index < -0.39 is 6.04 Å². The van der Waals surface area contributed by atoms with Gasteiger partial charge < -0.3 is 15.8 Å². The fraction of sp³-hybridized carbons (Fsp3) is 0.706. The second-order valence-corrected chi connectivity index (χ2v) is 7.34. The van der Waals surface area contributed by atoms with Crippen LogP contribution in [0.15, 0.2) is 17.5 Å². The summed E-state index contributed by atoms with van der Waals surface area (Å²) in [5, 5.41) is 5.14. The van der Waals surface area contributed by atoms with Gasteiger partial charge in [0.1, 0.15) is 0 Å². The molecule has 1 saturated heterocycles. The number of carbonyl (C=O) groups is 1. The van der Waals surface area contributed by atoms with Crippen molar-refractivity contribution in [3.8, 4) is 0 Å². The molecular formula is C17H29N3O2S. The van der Waals surface area contributed by atoms with Crippen molar-refractivity contribution in [2.24, 2.45) is 11.7 Å². The third-order valence-corrected chi connectivity index (χ3v) is 5.59. The Labute approximate surface area is 143 Å². The van der Waals surface area contributed by atoms with Crippen molar-refractivity contribution in [3.63, 3.8) is 0 Å². The lowest BCUT2D eigenvalue weighted by atomic mass is 9.99. The van der Waals surface area contributed by atoms with Gasteiger partial charge in [-0.05, 0) is 24.3 Å². The molecule has 3 N–H and O–H groups in total. The maximum atomic E-state index is 12.3. The highest BCUT2D eigenvalue weighted by molar-refractivity contribution is 7.10. The molecule has 1 fully saturated rings. The first kappa shape index (κ1) is 18.4. The molecule has 0 aliphatic carbocycles. The molecule has 0 aromatic carbocycles. The first-order chi connectivity index (χ1) is 11.0. The molecule has 1 amide bonds. The minimum absolute atomic E-state index is 0.0535. The molecule has 1 aliphatic heterocycles. The van der Waals surface area contributed by atoms with Crippen molar-refractivity contribution in [1.82, 2.24) is 10.2 Å². The third kappa shape index (κ3) is 5.01. The summed E-state index contributed by atoms with van der Waals surface area (Å²) in [5.41, 5.74) is 6.03. The predicted octanol–water partition coefficient (Wildman–Crippen LogP) is 2.00. The molecule has 0 spiro atoms. The molecule has 2 rings (SSSR count). The highest BCUT2D eigenvalue weighted by Gasteiger charge is 2.28. The monoisotopic (exact) mass is 339 g/mol. The molecule has 0 bridgehead atoms. The van der Waals surface area contributed by atoms with Crippen LogP contribution in [0.5, 0.6) is 0 Å². The van der Waals surface area contributed by atoms with Crippen LogP contribution in [-0.4, -0.2) is 49.2 Å². The zero-order valence-electron chi connectivity index (χ0n) is 14.3. The number of amides is 1. The van der Waals surface area contributed by atoms with Gasteiger partial charge in [-0.15, -0.1) is 11.3 Å². The van der Waals surface area contributed by atoms with Crippen molar-refractivity contribution in [2.45, 2.75) is 45.4 Å². The largest absolute Gasteiger partial charge is 0.376 e. The molecule has 1 aromatic rings. The SMILES string of the molecule is CCC(C)C(N)C(=O)NCC(c1cccs1)N1CCOC(C)C1. The molecule has 0 radical (unpaired) electrons. The van der Waals surface area contributed by atoms with Crippen LogP contribution in [0.2, 0.25) is 0 Å². The van der Waals surface area contributed by atoms with Crippen LogP contribution in [0.3, 0.4) is 0 Å². The minimum atomic E-state index is -0.437. The van der Waals surface area contributed by atoms with E-state index in [1.807, 2.05) is 6.92 Å². The molecule has 130 valence electrons. The van der Waals surface area contributed by atoms with Crippen LogP contribution >= 0.6 is 11.3 Å². The summed E-state index contributed by atoms with van der Waals surface area (Å²) in [4.78, 5) is 16.0. The van der Waals surface area contributed by atoms with Crippen LogP contribution in [0.4, 0.5) is 0 Å². The van der Waals surface area contributed by atoms with Crippen LogP contribution in [0.25, 0.3) is 0 Å². The van der Waals surface area contributed by atoms with Crippen LogP contribution < -0.4 is 11.1 Å². The van der Waals surface area contributed by atoms with Gasteiger partial charge in [0, 0.05) is 24.5 Å². The van der Waals surface area contributed by atoms with E-state index in [1.54, 1.807) is 11.3 Å². The van der Waals surface area contributed by atoms with E-state index in [9.17, 15) is 4.79 Å². The molecule has 2 heterocycles. The topological polar surface area (TPSA) is 67.6 Å². The number of carbonyl (C=O) groups excluding carboxylic acids is 1. The molecule has 1 aliphatic rings. The zero-order valence-corrected chi connectivity index (χ0v) is 15.1. The Hall–Kier alpha value is -0.950. The van der Waals surface area contributed by atoms with Crippen molar-refractivity contribution >= 4 is 17.2 Å². The summed E-state index contributed by atoms with van der Waals surface area (Å²) in [7, 11) is 0. The lowest BCUT2D eigenvalue weighted by Gasteiger charge is -2.37. The first-order valence-electron chi connectivity index (χ1n) is 8.45. The maximum absolute atomic E-state index is 12.3. The van der Waals surface area contributed by atoms with Crippen molar-refractivity contribution in [3.05, 3.63) is 22.4 Å². The van der Waals surface area contributed by atoms with Crippen LogP contribution in [0.1, 0.15) is 38.1 Å². The number of hydrogen-bond donors (Lipinski definition) is 2. The maximum Gasteiger partial charge on any atom is 0.237 e. The average molecular weight is 340 g/mol. The van der Waals surface area contributed by atoms with E-state index in [-0.39, 0.29) is 24.0 Å². The smallest absolute Gasteiger partial charge is 0.237 e. The fourth-order valence-corrected chi connectivity index (χ4v) is 3.71. The van der Waals surface area contributed by atoms with E-state index in [0.717, 1.165) is 26.1 Å².